The van der Waals surface area contributed by atoms with E-state index in [0.29, 0.717) is 10.4 Å². The molecule has 1 fully saturated rings. The Morgan fingerprint density at radius 3 is 2.96 bits per heavy atom. The van der Waals surface area contributed by atoms with Crippen molar-refractivity contribution in [1.82, 2.24) is 9.88 Å². The Hall–Kier alpha value is -2.01. The summed E-state index contributed by atoms with van der Waals surface area (Å²) in [5.41, 5.74) is 5.03. The minimum atomic E-state index is 0.000790. The van der Waals surface area contributed by atoms with Gasteiger partial charge in [-0.3, -0.25) is 4.79 Å². The van der Waals surface area contributed by atoms with Crippen LogP contribution in [0.25, 0.3) is 10.9 Å². The molecule has 2 aliphatic heterocycles. The Bertz CT molecular complexity index is 971. The Kier molecular flexibility index (Phi) is 2.98. The summed E-state index contributed by atoms with van der Waals surface area (Å²) in [6.07, 6.45) is 2.97. The van der Waals surface area contributed by atoms with Crippen LogP contribution in [0.3, 0.4) is 0 Å². The first-order valence-electron chi connectivity index (χ1n) is 8.31. The molecule has 24 heavy (non-hydrogen) atoms. The van der Waals surface area contributed by atoms with E-state index >= 15 is 0 Å². The number of amides is 1. The largest absolute Gasteiger partial charge is 0.444 e. The maximum absolute atomic E-state index is 13.0. The summed E-state index contributed by atoms with van der Waals surface area (Å²) in [7, 11) is 0. The molecular formula is C19H17BrN2O2. The molecule has 2 atom stereocenters. The van der Waals surface area contributed by atoms with Gasteiger partial charge in [0.2, 0.25) is 0 Å². The third-order valence-electron chi connectivity index (χ3n) is 5.37. The van der Waals surface area contributed by atoms with Crippen LogP contribution >= 0.6 is 15.9 Å². The van der Waals surface area contributed by atoms with E-state index in [2.05, 4.69) is 46.0 Å². The van der Waals surface area contributed by atoms with Crippen LogP contribution in [-0.4, -0.2) is 21.8 Å². The first-order valence-corrected chi connectivity index (χ1v) is 9.10. The maximum Gasteiger partial charge on any atom is 0.290 e. The molecule has 3 aromatic rings. The minimum absolute atomic E-state index is 0.000790. The van der Waals surface area contributed by atoms with Gasteiger partial charge < -0.3 is 14.3 Å². The van der Waals surface area contributed by atoms with Crippen molar-refractivity contribution < 1.29 is 9.21 Å². The number of furan rings is 1. The number of aromatic amines is 1. The maximum atomic E-state index is 13.0. The highest BCUT2D eigenvalue weighted by Gasteiger charge is 2.45. The molecule has 0 spiro atoms. The molecule has 122 valence electrons. The number of carbonyl (C=O) groups is 1. The van der Waals surface area contributed by atoms with E-state index in [9.17, 15) is 4.79 Å². The lowest BCUT2D eigenvalue weighted by Gasteiger charge is -2.34. The average Bonchev–Trinajstić information content (AvgIpc) is 3.22. The lowest BCUT2D eigenvalue weighted by molar-refractivity contribution is 0.0612. The molecule has 0 saturated carbocycles. The number of hydrogen-bond donors (Lipinski definition) is 1. The standard InChI is InChI=1S/C19H17BrN2O2/c1-10-2-4-13-12(8-10)18-14(21-13)9-11-3-5-15(18)22(11)19(23)16-6-7-17(20)24-16/h2,4,6-8,11,15,21H,3,5,9H2,1H3. The van der Waals surface area contributed by atoms with Gasteiger partial charge >= 0.3 is 0 Å². The third-order valence-corrected chi connectivity index (χ3v) is 5.80. The number of nitrogens with one attached hydrogen (secondary N) is 1. The van der Waals surface area contributed by atoms with Crippen LogP contribution in [-0.2, 0) is 6.42 Å². The molecule has 2 aromatic heterocycles. The molecule has 4 heterocycles. The van der Waals surface area contributed by atoms with Crippen LogP contribution in [0.15, 0.2) is 39.4 Å². The van der Waals surface area contributed by atoms with E-state index in [4.69, 9.17) is 4.42 Å². The van der Waals surface area contributed by atoms with Gasteiger partial charge in [-0.05, 0) is 60.0 Å². The van der Waals surface area contributed by atoms with E-state index in [1.165, 1.54) is 27.7 Å². The molecule has 1 saturated heterocycles. The molecule has 1 amide bonds. The van der Waals surface area contributed by atoms with Crippen LogP contribution in [0.5, 0.6) is 0 Å². The Morgan fingerprint density at radius 2 is 2.17 bits per heavy atom. The number of benzene rings is 1. The van der Waals surface area contributed by atoms with Crippen LogP contribution < -0.4 is 0 Å². The smallest absolute Gasteiger partial charge is 0.290 e. The fourth-order valence-corrected chi connectivity index (χ4v) is 4.70. The normalized spacial score (nSPS) is 22.2. The fourth-order valence-electron chi connectivity index (χ4n) is 4.39. The van der Waals surface area contributed by atoms with Gasteiger partial charge in [-0.2, -0.15) is 0 Å². The topological polar surface area (TPSA) is 49.2 Å². The van der Waals surface area contributed by atoms with E-state index in [1.807, 2.05) is 4.90 Å². The number of halogens is 1. The van der Waals surface area contributed by atoms with Gasteiger partial charge in [0.25, 0.3) is 5.91 Å². The number of hydrogen-bond acceptors (Lipinski definition) is 2. The van der Waals surface area contributed by atoms with Crippen LogP contribution in [0, 0.1) is 6.92 Å². The Labute approximate surface area is 148 Å². The van der Waals surface area contributed by atoms with Crippen LogP contribution in [0.2, 0.25) is 0 Å². The minimum Gasteiger partial charge on any atom is -0.444 e. The number of rotatable bonds is 1. The lowest BCUT2D eigenvalue weighted by Crippen LogP contribution is -2.41. The molecule has 0 aliphatic carbocycles. The molecule has 2 unspecified atom stereocenters. The van der Waals surface area contributed by atoms with Gasteiger partial charge in [0.1, 0.15) is 0 Å². The molecule has 2 aliphatic rings. The molecule has 2 bridgehead atoms. The lowest BCUT2D eigenvalue weighted by atomic mass is 9.96. The van der Waals surface area contributed by atoms with Gasteiger partial charge in [-0.25, -0.2) is 0 Å². The van der Waals surface area contributed by atoms with Crippen molar-refractivity contribution in [2.24, 2.45) is 0 Å². The highest BCUT2D eigenvalue weighted by molar-refractivity contribution is 9.10. The van der Waals surface area contributed by atoms with Gasteiger partial charge in [0.15, 0.2) is 10.4 Å². The first kappa shape index (κ1) is 14.3. The Morgan fingerprint density at radius 1 is 1.29 bits per heavy atom. The quantitative estimate of drug-likeness (QED) is 0.658. The predicted octanol–water partition coefficient (Wildman–Crippen LogP) is 4.73. The Balaban J connectivity index is 1.63. The number of aryl methyl sites for hydroxylation is 1. The van der Waals surface area contributed by atoms with Crippen molar-refractivity contribution >= 4 is 32.7 Å². The zero-order valence-electron chi connectivity index (χ0n) is 13.3. The average molecular weight is 385 g/mol. The van der Waals surface area contributed by atoms with Crippen molar-refractivity contribution in [3.05, 3.63) is 57.6 Å². The van der Waals surface area contributed by atoms with Crippen LogP contribution in [0.1, 0.15) is 46.3 Å². The molecule has 5 heteroatoms. The zero-order chi connectivity index (χ0) is 16.4. The van der Waals surface area contributed by atoms with Gasteiger partial charge in [0.05, 0.1) is 6.04 Å². The van der Waals surface area contributed by atoms with Crippen molar-refractivity contribution in [2.45, 2.75) is 38.3 Å². The summed E-state index contributed by atoms with van der Waals surface area (Å²) in [4.78, 5) is 18.6. The zero-order valence-corrected chi connectivity index (χ0v) is 14.9. The molecule has 5 rings (SSSR count). The van der Waals surface area contributed by atoms with E-state index < -0.39 is 0 Å². The monoisotopic (exact) mass is 384 g/mol. The van der Waals surface area contributed by atoms with Gasteiger partial charge in [-0.1, -0.05) is 11.6 Å². The van der Waals surface area contributed by atoms with E-state index in [-0.39, 0.29) is 18.0 Å². The molecule has 1 N–H and O–H groups in total. The summed E-state index contributed by atoms with van der Waals surface area (Å²) >= 11 is 3.29. The van der Waals surface area contributed by atoms with Gasteiger partial charge in [-0.15, -0.1) is 0 Å². The van der Waals surface area contributed by atoms with E-state index in [1.54, 1.807) is 12.1 Å². The SMILES string of the molecule is Cc1ccc2[nH]c3c(c2c1)C1CCC(C3)N1C(=O)c1ccc(Br)o1. The summed E-state index contributed by atoms with van der Waals surface area (Å²) in [6, 6.07) is 10.4. The molecule has 1 aromatic carbocycles. The van der Waals surface area contributed by atoms with E-state index in [0.717, 1.165) is 19.3 Å². The van der Waals surface area contributed by atoms with Crippen molar-refractivity contribution in [3.8, 4) is 0 Å². The number of H-pyrrole nitrogens is 1. The molecular weight excluding hydrogens is 368 g/mol. The summed E-state index contributed by atoms with van der Waals surface area (Å²) in [6.45, 7) is 2.11. The van der Waals surface area contributed by atoms with Crippen LogP contribution in [0.4, 0.5) is 0 Å². The third kappa shape index (κ3) is 1.94. The van der Waals surface area contributed by atoms with Gasteiger partial charge in [0, 0.05) is 34.6 Å². The van der Waals surface area contributed by atoms with Crippen molar-refractivity contribution in [2.75, 3.05) is 0 Å². The highest BCUT2D eigenvalue weighted by atomic mass is 79.9. The summed E-state index contributed by atoms with van der Waals surface area (Å²) < 4.78 is 6.11. The predicted molar refractivity (Wildman–Crippen MR) is 95.1 cm³/mol. The summed E-state index contributed by atoms with van der Waals surface area (Å²) in [5, 5.41) is 1.26. The number of fused-ring (bicyclic) bond motifs is 6. The van der Waals surface area contributed by atoms with Crippen molar-refractivity contribution in [3.63, 3.8) is 0 Å². The number of aromatic nitrogens is 1. The first-order chi connectivity index (χ1) is 11.6. The molecule has 0 radical (unpaired) electrons. The van der Waals surface area contributed by atoms with Crippen molar-refractivity contribution in [1.29, 1.82) is 0 Å². The second kappa shape index (κ2) is 4.99. The second-order valence-electron chi connectivity index (χ2n) is 6.83. The highest BCUT2D eigenvalue weighted by Crippen LogP contribution is 2.47. The second-order valence-corrected chi connectivity index (χ2v) is 7.62. The molecule has 4 nitrogen and oxygen atoms in total. The number of carbonyl (C=O) groups excluding carboxylic acids is 1. The fraction of sp³-hybridized carbons (Fsp3) is 0.316. The number of nitrogens with zero attached hydrogens (tertiary/aromatic N) is 1. The summed E-state index contributed by atoms with van der Waals surface area (Å²) in [5.74, 6) is 0.416.